The molecule has 4 rings (SSSR count). The van der Waals surface area contributed by atoms with Crippen LogP contribution in [-0.4, -0.2) is 37.6 Å². The average Bonchev–Trinajstić information content (AvgIpc) is 3.18. The van der Waals surface area contributed by atoms with E-state index in [-0.39, 0.29) is 0 Å². The van der Waals surface area contributed by atoms with Gasteiger partial charge in [-0.15, -0.1) is 0 Å². The highest BCUT2D eigenvalue weighted by molar-refractivity contribution is 5.87. The number of H-pyrrole nitrogens is 1. The summed E-state index contributed by atoms with van der Waals surface area (Å²) in [5.74, 6) is 1.69. The standard InChI is InChI=1S/C15H18N6/c1-2-12(8-20-7-5-16-11-20)9-21(6-1)15-13-3-4-17-14(13)18-10-19-15/h3-5,7,10-12H,1-2,6,8-9H2,(H,17,18,19)/t12-/m0/s1. The van der Waals surface area contributed by atoms with Crippen molar-refractivity contribution in [1.29, 1.82) is 0 Å². The van der Waals surface area contributed by atoms with Crippen LogP contribution in [0.3, 0.4) is 0 Å². The maximum Gasteiger partial charge on any atom is 0.142 e. The molecule has 1 atom stereocenters. The summed E-state index contributed by atoms with van der Waals surface area (Å²) in [4.78, 5) is 18.5. The molecule has 21 heavy (non-hydrogen) atoms. The second kappa shape index (κ2) is 5.20. The van der Waals surface area contributed by atoms with Crippen LogP contribution in [0.15, 0.2) is 37.3 Å². The number of rotatable bonds is 3. The number of aromatic amines is 1. The number of hydrogen-bond acceptors (Lipinski definition) is 4. The number of nitrogens with zero attached hydrogens (tertiary/aromatic N) is 5. The van der Waals surface area contributed by atoms with Gasteiger partial charge in [-0.25, -0.2) is 15.0 Å². The predicted octanol–water partition coefficient (Wildman–Crippen LogP) is 2.07. The molecule has 0 radical (unpaired) electrons. The van der Waals surface area contributed by atoms with Gasteiger partial charge in [-0.3, -0.25) is 0 Å². The Kier molecular flexibility index (Phi) is 3.06. The van der Waals surface area contributed by atoms with Gasteiger partial charge >= 0.3 is 0 Å². The van der Waals surface area contributed by atoms with Crippen molar-refractivity contribution in [3.63, 3.8) is 0 Å². The van der Waals surface area contributed by atoms with Gasteiger partial charge in [0.05, 0.1) is 11.7 Å². The summed E-state index contributed by atoms with van der Waals surface area (Å²) in [7, 11) is 0. The molecule has 0 bridgehead atoms. The first-order chi connectivity index (χ1) is 10.4. The molecule has 1 saturated heterocycles. The first-order valence-electron chi connectivity index (χ1n) is 7.39. The molecular formula is C15H18N6. The highest BCUT2D eigenvalue weighted by atomic mass is 15.2. The Morgan fingerprint density at radius 1 is 1.33 bits per heavy atom. The number of anilines is 1. The average molecular weight is 282 g/mol. The molecule has 3 aromatic rings. The van der Waals surface area contributed by atoms with E-state index in [9.17, 15) is 0 Å². The monoisotopic (exact) mass is 282 g/mol. The van der Waals surface area contributed by atoms with E-state index < -0.39 is 0 Å². The van der Waals surface area contributed by atoms with Gasteiger partial charge in [0.1, 0.15) is 17.8 Å². The van der Waals surface area contributed by atoms with Gasteiger partial charge in [0.2, 0.25) is 0 Å². The summed E-state index contributed by atoms with van der Waals surface area (Å²) in [5, 5.41) is 1.11. The van der Waals surface area contributed by atoms with E-state index in [1.54, 1.807) is 6.33 Å². The molecule has 0 spiro atoms. The van der Waals surface area contributed by atoms with Crippen molar-refractivity contribution in [3.05, 3.63) is 37.3 Å². The van der Waals surface area contributed by atoms with Crippen LogP contribution < -0.4 is 4.90 Å². The zero-order chi connectivity index (χ0) is 14.1. The zero-order valence-electron chi connectivity index (χ0n) is 11.8. The Labute approximate surface area is 122 Å². The molecule has 6 heteroatoms. The highest BCUT2D eigenvalue weighted by Crippen LogP contribution is 2.27. The van der Waals surface area contributed by atoms with Crippen LogP contribution in [0.25, 0.3) is 11.0 Å². The lowest BCUT2D eigenvalue weighted by Crippen LogP contribution is -2.37. The lowest BCUT2D eigenvalue weighted by Gasteiger charge is -2.34. The maximum atomic E-state index is 4.51. The van der Waals surface area contributed by atoms with E-state index >= 15 is 0 Å². The van der Waals surface area contributed by atoms with Crippen LogP contribution >= 0.6 is 0 Å². The van der Waals surface area contributed by atoms with E-state index in [0.717, 1.165) is 36.5 Å². The fourth-order valence-corrected chi connectivity index (χ4v) is 3.21. The summed E-state index contributed by atoms with van der Waals surface area (Å²) in [6.45, 7) is 3.13. The molecule has 1 aliphatic heterocycles. The fourth-order valence-electron chi connectivity index (χ4n) is 3.21. The Bertz CT molecular complexity index is 717. The van der Waals surface area contributed by atoms with Gasteiger partial charge in [0.25, 0.3) is 0 Å². The Morgan fingerprint density at radius 2 is 2.33 bits per heavy atom. The van der Waals surface area contributed by atoms with Gasteiger partial charge in [-0.1, -0.05) is 0 Å². The molecule has 4 heterocycles. The molecular weight excluding hydrogens is 264 g/mol. The molecule has 6 nitrogen and oxygen atoms in total. The fraction of sp³-hybridized carbons (Fsp3) is 0.400. The second-order valence-corrected chi connectivity index (χ2v) is 5.65. The summed E-state index contributed by atoms with van der Waals surface area (Å²) in [5.41, 5.74) is 0.914. The van der Waals surface area contributed by atoms with Crippen molar-refractivity contribution in [1.82, 2.24) is 24.5 Å². The van der Waals surface area contributed by atoms with E-state index in [1.807, 2.05) is 24.9 Å². The van der Waals surface area contributed by atoms with E-state index in [4.69, 9.17) is 0 Å². The van der Waals surface area contributed by atoms with Crippen LogP contribution in [-0.2, 0) is 6.54 Å². The minimum Gasteiger partial charge on any atom is -0.356 e. The first-order valence-corrected chi connectivity index (χ1v) is 7.39. The third-order valence-corrected chi connectivity index (χ3v) is 4.18. The summed E-state index contributed by atoms with van der Waals surface area (Å²) in [6.07, 6.45) is 11.8. The van der Waals surface area contributed by atoms with Crippen molar-refractivity contribution in [2.75, 3.05) is 18.0 Å². The number of hydrogen-bond donors (Lipinski definition) is 1. The molecule has 0 aliphatic carbocycles. The first kappa shape index (κ1) is 12.4. The van der Waals surface area contributed by atoms with Crippen molar-refractivity contribution < 1.29 is 0 Å². The molecule has 1 fully saturated rings. The van der Waals surface area contributed by atoms with Crippen molar-refractivity contribution in [2.45, 2.75) is 19.4 Å². The lowest BCUT2D eigenvalue weighted by atomic mass is 9.98. The van der Waals surface area contributed by atoms with Gasteiger partial charge in [0.15, 0.2) is 0 Å². The molecule has 0 unspecified atom stereocenters. The quantitative estimate of drug-likeness (QED) is 0.799. The molecule has 1 N–H and O–H groups in total. The van der Waals surface area contributed by atoms with Crippen LogP contribution in [0.2, 0.25) is 0 Å². The summed E-state index contributed by atoms with van der Waals surface area (Å²) in [6, 6.07) is 2.06. The minimum absolute atomic E-state index is 0.636. The molecule has 0 aromatic carbocycles. The molecule has 0 amide bonds. The van der Waals surface area contributed by atoms with E-state index in [2.05, 4.69) is 35.5 Å². The number of imidazole rings is 1. The van der Waals surface area contributed by atoms with Crippen LogP contribution in [0.1, 0.15) is 12.8 Å². The van der Waals surface area contributed by atoms with E-state index in [1.165, 1.54) is 12.8 Å². The zero-order valence-corrected chi connectivity index (χ0v) is 11.8. The third kappa shape index (κ3) is 2.37. The second-order valence-electron chi connectivity index (χ2n) is 5.65. The molecule has 1 aliphatic rings. The van der Waals surface area contributed by atoms with Crippen LogP contribution in [0, 0.1) is 5.92 Å². The number of piperidine rings is 1. The van der Waals surface area contributed by atoms with Gasteiger partial charge < -0.3 is 14.5 Å². The van der Waals surface area contributed by atoms with Crippen LogP contribution in [0.5, 0.6) is 0 Å². The Balaban J connectivity index is 1.56. The molecule has 0 saturated carbocycles. The van der Waals surface area contributed by atoms with E-state index in [0.29, 0.717) is 5.92 Å². The third-order valence-electron chi connectivity index (χ3n) is 4.18. The Hall–Kier alpha value is -2.37. The van der Waals surface area contributed by atoms with Gasteiger partial charge in [-0.2, -0.15) is 0 Å². The smallest absolute Gasteiger partial charge is 0.142 e. The van der Waals surface area contributed by atoms with Crippen molar-refractivity contribution >= 4 is 16.9 Å². The number of aromatic nitrogens is 5. The summed E-state index contributed by atoms with van der Waals surface area (Å²) < 4.78 is 2.17. The summed E-state index contributed by atoms with van der Waals surface area (Å²) >= 11 is 0. The normalized spacial score (nSPS) is 19.2. The lowest BCUT2D eigenvalue weighted by molar-refractivity contribution is 0.365. The van der Waals surface area contributed by atoms with Gasteiger partial charge in [0, 0.05) is 38.2 Å². The number of nitrogens with one attached hydrogen (secondary N) is 1. The van der Waals surface area contributed by atoms with Crippen molar-refractivity contribution in [3.8, 4) is 0 Å². The Morgan fingerprint density at radius 3 is 3.24 bits per heavy atom. The topological polar surface area (TPSA) is 62.6 Å². The predicted molar refractivity (Wildman–Crippen MR) is 81.1 cm³/mol. The van der Waals surface area contributed by atoms with Crippen LogP contribution in [0.4, 0.5) is 5.82 Å². The molecule has 108 valence electrons. The highest BCUT2D eigenvalue weighted by Gasteiger charge is 2.22. The maximum absolute atomic E-state index is 4.51. The van der Waals surface area contributed by atoms with Crippen molar-refractivity contribution in [2.24, 2.45) is 5.92 Å². The SMILES string of the molecule is c1cn(C[C@@H]2CCCN(c3ncnc4[nH]ccc34)C2)cn1. The van der Waals surface area contributed by atoms with Gasteiger partial charge in [-0.05, 0) is 24.8 Å². The largest absolute Gasteiger partial charge is 0.356 e. The number of fused-ring (bicyclic) bond motifs is 1. The minimum atomic E-state index is 0.636. The molecule has 3 aromatic heterocycles.